The predicted molar refractivity (Wildman–Crippen MR) is 442 cm³/mol. The zero-order valence-electron chi connectivity index (χ0n) is 67.7. The van der Waals surface area contributed by atoms with E-state index in [0.29, 0.717) is 35.0 Å². The molecule has 0 unspecified atom stereocenters. The van der Waals surface area contributed by atoms with Crippen LogP contribution in [0.2, 0.25) is 0 Å². The topological polar surface area (TPSA) is 780 Å². The maximum absolute atomic E-state index is 15.0. The normalized spacial score (nSPS) is 15.0. The monoisotopic (exact) mass is 1700 g/mol. The Morgan fingerprint density at radius 3 is 1.32 bits per heavy atom. The Kier molecular flexibility index (Phi) is 45.9. The van der Waals surface area contributed by atoms with E-state index in [1.807, 2.05) is 13.8 Å². The quantitative estimate of drug-likeness (QED) is 0.0108. The first-order valence-corrected chi connectivity index (χ1v) is 39.8. The molecule has 0 spiro atoms. The van der Waals surface area contributed by atoms with E-state index in [4.69, 9.17) is 51.6 Å². The first-order valence-electron chi connectivity index (χ1n) is 39.2. The predicted octanol–water partition coefficient (Wildman–Crippen LogP) is -7.81. The van der Waals surface area contributed by atoms with Crippen molar-refractivity contribution >= 4 is 124 Å². The van der Waals surface area contributed by atoms with Gasteiger partial charge in [-0.1, -0.05) is 52.3 Å². The summed E-state index contributed by atoms with van der Waals surface area (Å²) in [6.45, 7) is 7.22. The highest BCUT2D eigenvalue weighted by molar-refractivity contribution is 7.80. The molecule has 2 aromatic heterocycles. The fourth-order valence-electron chi connectivity index (χ4n) is 12.1. The average molecular weight is 1700 g/mol. The van der Waals surface area contributed by atoms with E-state index in [1.54, 1.807) is 44.3 Å². The van der Waals surface area contributed by atoms with Crippen molar-refractivity contribution < 1.29 is 87.5 Å². The molecule has 15 atom stereocenters. The molecule has 0 aliphatic rings. The van der Waals surface area contributed by atoms with Crippen LogP contribution in [0.4, 0.5) is 0 Å². The number of aromatic amines is 2. The Labute approximate surface area is 693 Å². The minimum Gasteiger partial charge on any atom is -0.481 e. The zero-order chi connectivity index (χ0) is 89.0. The molecule has 0 radical (unpaired) electrons. The summed E-state index contributed by atoms with van der Waals surface area (Å²) in [6.07, 6.45) is 2.06. The number of H-pyrrole nitrogens is 2. The summed E-state index contributed by atoms with van der Waals surface area (Å²) in [7, 11) is 0. The number of carboxylic acid groups (broad SMARTS) is 2. The molecule has 119 heavy (non-hydrogen) atoms. The van der Waals surface area contributed by atoms with Crippen LogP contribution >= 0.6 is 12.6 Å². The Bertz CT molecular complexity index is 3890. The number of guanidine groups is 3. The van der Waals surface area contributed by atoms with Gasteiger partial charge < -0.3 is 146 Å². The molecule has 0 bridgehead atoms. The molecule has 0 aliphatic carbocycles. The van der Waals surface area contributed by atoms with Crippen molar-refractivity contribution in [1.82, 2.24) is 78.8 Å². The smallest absolute Gasteiger partial charge is 0.326 e. The molecule has 664 valence electrons. The summed E-state index contributed by atoms with van der Waals surface area (Å²) in [5.41, 5.74) is 52.2. The molecule has 3 rings (SSSR count). The SMILES string of the molecule is CC[C@H](C)[C@H](NC(=O)[C@H](CCCCN)NC(=O)[C@H](Cc1c[nH]c2ccccc12)NC(=O)[C@H](CCCN=C(N)N)NC(=O)[C@H](CS)NC(=O)[C@H](CO)NC(=O)[C@H](CC(=O)O)NC(=O)[C@H](CCCCN)NC(=O)[C@H](Cc1cnc[nH]1)NC(=O)[C@H](CCCN=C(N)N)NC(=O)[C@@H](N)CC(C)C)C(=O)N[C@H](C(=O)N[C@@H](CCCN=C(N)N)C(=O)O)[C@@H](C)O. The first-order chi connectivity index (χ1) is 56.4. The van der Waals surface area contributed by atoms with E-state index >= 15 is 4.79 Å². The van der Waals surface area contributed by atoms with E-state index in [9.17, 15) is 82.8 Å². The van der Waals surface area contributed by atoms with Gasteiger partial charge in [-0.05, 0) is 127 Å². The van der Waals surface area contributed by atoms with Gasteiger partial charge in [0, 0.05) is 67.2 Å². The number of thiol groups is 1. The number of fused-ring (bicyclic) bond motifs is 1. The van der Waals surface area contributed by atoms with Crippen molar-refractivity contribution in [2.45, 2.75) is 228 Å². The Hall–Kier alpha value is -11.5. The van der Waals surface area contributed by atoms with Gasteiger partial charge in [0.1, 0.15) is 72.5 Å². The lowest BCUT2D eigenvalue weighted by atomic mass is 9.96. The summed E-state index contributed by atoms with van der Waals surface area (Å²) < 4.78 is 0. The van der Waals surface area contributed by atoms with E-state index < -0.39 is 192 Å². The molecule has 46 heteroatoms. The van der Waals surface area contributed by atoms with Crippen molar-refractivity contribution in [3.63, 3.8) is 0 Å². The van der Waals surface area contributed by atoms with Gasteiger partial charge in [0.2, 0.25) is 70.9 Å². The van der Waals surface area contributed by atoms with Crippen molar-refractivity contribution in [2.24, 2.45) is 78.4 Å². The van der Waals surface area contributed by atoms with Crippen molar-refractivity contribution in [3.8, 4) is 0 Å². The van der Waals surface area contributed by atoms with E-state index in [-0.39, 0.29) is 146 Å². The zero-order valence-corrected chi connectivity index (χ0v) is 68.6. The first kappa shape index (κ1) is 102. The highest BCUT2D eigenvalue weighted by atomic mass is 32.1. The third kappa shape index (κ3) is 37.3. The number of carbonyl (C=O) groups excluding carboxylic acids is 12. The van der Waals surface area contributed by atoms with Crippen molar-refractivity contribution in [1.29, 1.82) is 0 Å². The summed E-state index contributed by atoms with van der Waals surface area (Å²) in [5.74, 6) is -17.4. The molecule has 0 fully saturated rings. The number of amides is 12. The Balaban J connectivity index is 1.99. The number of aromatic nitrogens is 3. The highest BCUT2D eigenvalue weighted by Gasteiger charge is 2.40. The Morgan fingerprint density at radius 1 is 0.479 bits per heavy atom. The molecular formula is C73H123N27O18S. The number of benzene rings is 1. The number of nitrogens with zero attached hydrogens (tertiary/aromatic N) is 4. The minimum atomic E-state index is -2.05. The number of aliphatic imine (C=N–C) groups is 3. The van der Waals surface area contributed by atoms with Gasteiger partial charge in [-0.2, -0.15) is 12.6 Å². The standard InChI is InChI=1S/C73H123N27O18S/c1-6-38(4)56(68(115)100-57(39(5)102)69(116)93-49(70(117)118)22-15-27-86-73(81)82)99-62(109)46(19-10-12-24-75)91-63(110)50(29-40-32-87-44-17-8-7-16-42(40)44)94-61(108)48(21-14-26-85-72(79)80)92-67(114)54(35-119)98-66(113)53(34-101)97-65(112)52(31-55(103)104)96-59(106)45(18-9-11-23-74)90-64(111)51(30-41-33-83-36-88-41)95-60(107)47(20-13-25-84-71(77)78)89-58(105)43(76)28-37(2)3/h7-8,16-17,32-33,36-39,43,45-54,56-57,87,101-102,119H,6,9-15,18-31,34-35,74-76H2,1-5H3,(H,83,88)(H,89,105)(H,90,111)(H,91,110)(H,92,114)(H,93,116)(H,94,108)(H,95,107)(H,96,106)(H,97,112)(H,98,113)(H,99,109)(H,100,115)(H,103,104)(H,117,118)(H4,77,78,84)(H4,79,80,85)(H4,81,82,86)/t38-,39+,43-,45-,46-,47-,48-,49-,50-,51-,52-,53-,54-,56-,57-/m0/s1. The van der Waals surface area contributed by atoms with Crippen LogP contribution in [0.5, 0.6) is 0 Å². The highest BCUT2D eigenvalue weighted by Crippen LogP contribution is 2.21. The van der Waals surface area contributed by atoms with Crippen LogP contribution in [0.3, 0.4) is 0 Å². The maximum atomic E-state index is 15.0. The number of carbonyl (C=O) groups is 14. The average Bonchev–Trinajstić information content (AvgIpc) is 1.70. The van der Waals surface area contributed by atoms with Gasteiger partial charge in [0.15, 0.2) is 17.9 Å². The van der Waals surface area contributed by atoms with Crippen molar-refractivity contribution in [3.05, 3.63) is 54.2 Å². The minimum absolute atomic E-state index is 0.00285. The number of para-hydroxylation sites is 1. The maximum Gasteiger partial charge on any atom is 0.326 e. The number of hydrogen-bond acceptors (Lipinski definition) is 24. The molecule has 2 heterocycles. The molecule has 12 amide bonds. The summed E-state index contributed by atoms with van der Waals surface area (Å²) in [5, 5.41) is 71.9. The molecule has 45 nitrogen and oxygen atoms in total. The molecule has 0 saturated heterocycles. The second-order valence-corrected chi connectivity index (χ2v) is 29.4. The van der Waals surface area contributed by atoms with E-state index in [0.717, 1.165) is 0 Å². The van der Waals surface area contributed by atoms with Gasteiger partial charge in [0.05, 0.1) is 31.5 Å². The van der Waals surface area contributed by atoms with Crippen LogP contribution in [-0.2, 0) is 80.0 Å². The van der Waals surface area contributed by atoms with E-state index in [2.05, 4.69) is 106 Å². The third-order valence-electron chi connectivity index (χ3n) is 18.8. The van der Waals surface area contributed by atoms with Gasteiger partial charge in [-0.3, -0.25) is 77.3 Å². The van der Waals surface area contributed by atoms with Gasteiger partial charge in [-0.25, -0.2) is 9.78 Å². The number of rotatable bonds is 58. The number of nitrogens with two attached hydrogens (primary N) is 9. The van der Waals surface area contributed by atoms with Gasteiger partial charge in [0.25, 0.3) is 0 Å². The fourth-order valence-corrected chi connectivity index (χ4v) is 12.4. The van der Waals surface area contributed by atoms with Crippen LogP contribution in [0.25, 0.3) is 10.9 Å². The van der Waals surface area contributed by atoms with Crippen LogP contribution in [0.15, 0.2) is 58.0 Å². The lowest BCUT2D eigenvalue weighted by Gasteiger charge is -2.30. The van der Waals surface area contributed by atoms with Gasteiger partial charge >= 0.3 is 11.9 Å². The van der Waals surface area contributed by atoms with Crippen LogP contribution in [0.1, 0.15) is 142 Å². The molecule has 36 N–H and O–H groups in total. The number of hydrogen-bond donors (Lipinski definition) is 28. The number of imidazole rings is 1. The van der Waals surface area contributed by atoms with Crippen LogP contribution in [0, 0.1) is 11.8 Å². The molecule has 3 aromatic rings. The number of aliphatic hydroxyl groups excluding tert-OH is 2. The number of aliphatic hydroxyl groups is 2. The number of nitrogens with one attached hydrogen (secondary N) is 14. The lowest BCUT2D eigenvalue weighted by Crippen LogP contribution is -2.62. The third-order valence-corrected chi connectivity index (χ3v) is 19.1. The summed E-state index contributed by atoms with van der Waals surface area (Å²) in [6, 6.07) is -13.6. The molecule has 1 aromatic carbocycles. The molecule has 0 aliphatic heterocycles. The molecule has 0 saturated carbocycles. The number of carboxylic acids is 2. The lowest BCUT2D eigenvalue weighted by molar-refractivity contribution is -0.143. The fraction of sp³-hybridized carbons (Fsp3) is 0.616. The van der Waals surface area contributed by atoms with Gasteiger partial charge in [-0.15, -0.1) is 0 Å². The summed E-state index contributed by atoms with van der Waals surface area (Å²) >= 11 is 4.27. The summed E-state index contributed by atoms with van der Waals surface area (Å²) in [4.78, 5) is 218. The second kappa shape index (κ2) is 53.8. The number of aliphatic carboxylic acids is 2. The van der Waals surface area contributed by atoms with Crippen molar-refractivity contribution in [2.75, 3.05) is 45.1 Å². The molecular weight excluding hydrogens is 1580 g/mol. The van der Waals surface area contributed by atoms with Crippen LogP contribution < -0.4 is 115 Å². The largest absolute Gasteiger partial charge is 0.481 e. The van der Waals surface area contributed by atoms with E-state index in [1.165, 1.54) is 19.4 Å². The second-order valence-electron chi connectivity index (χ2n) is 29.0. The number of unbranched alkanes of at least 4 members (excludes halogenated alkanes) is 2. The van der Waals surface area contributed by atoms with Crippen LogP contribution in [-0.4, -0.2) is 266 Å². The Morgan fingerprint density at radius 2 is 0.874 bits per heavy atom.